The number of rotatable bonds is 12. The van der Waals surface area contributed by atoms with Crippen LogP contribution in [0.3, 0.4) is 0 Å². The Labute approximate surface area is 211 Å². The monoisotopic (exact) mass is 510 g/mol. The van der Waals surface area contributed by atoms with Gasteiger partial charge in [0.15, 0.2) is 0 Å². The van der Waals surface area contributed by atoms with Gasteiger partial charge in [0, 0.05) is 18.3 Å². The molecule has 2 rings (SSSR count). The molecule has 180 valence electrons. The van der Waals surface area contributed by atoms with Crippen molar-refractivity contribution >= 4 is 46.8 Å². The second kappa shape index (κ2) is 13.7. The van der Waals surface area contributed by atoms with Gasteiger partial charge in [-0.3, -0.25) is 9.59 Å². The predicted molar refractivity (Wildman–Crippen MR) is 138 cm³/mol. The van der Waals surface area contributed by atoms with Gasteiger partial charge in [-0.15, -0.1) is 11.8 Å². The quantitative estimate of drug-likeness (QED) is 0.382. The number of carbonyl (C=O) groups excluding carboxylic acids is 2. The molecule has 8 heteroatoms. The number of carbonyl (C=O) groups is 2. The van der Waals surface area contributed by atoms with E-state index < -0.39 is 6.04 Å². The first kappa shape index (κ1) is 27.4. The van der Waals surface area contributed by atoms with E-state index in [1.54, 1.807) is 18.1 Å². The van der Waals surface area contributed by atoms with Gasteiger partial charge in [0.05, 0.1) is 22.9 Å². The molecular formula is C25H32Cl2N2O3S. The molecule has 2 aromatic rings. The minimum absolute atomic E-state index is 0.0496. The molecule has 0 radical (unpaired) electrons. The summed E-state index contributed by atoms with van der Waals surface area (Å²) in [7, 11) is 1.61. The number of nitrogens with one attached hydrogen (secondary N) is 1. The average molecular weight is 512 g/mol. The first-order valence-corrected chi connectivity index (χ1v) is 12.9. The normalized spacial score (nSPS) is 12.7. The summed E-state index contributed by atoms with van der Waals surface area (Å²) in [4.78, 5) is 28.0. The number of ether oxygens (including phenoxy) is 1. The van der Waals surface area contributed by atoms with Crippen molar-refractivity contribution in [2.24, 2.45) is 0 Å². The van der Waals surface area contributed by atoms with Gasteiger partial charge in [-0.25, -0.2) is 0 Å². The summed E-state index contributed by atoms with van der Waals surface area (Å²) in [6.07, 6.45) is 1.36. The fourth-order valence-corrected chi connectivity index (χ4v) is 4.44. The van der Waals surface area contributed by atoms with Crippen LogP contribution in [-0.4, -0.2) is 41.7 Å². The Bertz CT molecular complexity index is 924. The molecule has 0 aliphatic heterocycles. The topological polar surface area (TPSA) is 58.6 Å². The average Bonchev–Trinajstić information content (AvgIpc) is 2.81. The van der Waals surface area contributed by atoms with Crippen molar-refractivity contribution in [3.63, 3.8) is 0 Å². The van der Waals surface area contributed by atoms with E-state index in [1.165, 1.54) is 11.8 Å². The molecule has 0 heterocycles. The molecule has 33 heavy (non-hydrogen) atoms. The Kier molecular flexibility index (Phi) is 11.4. The SMILES string of the molecule is CC[C@@H](C)NC(=O)[C@H](CC)N(Cc1ccc(OC)cc1)C(=O)CSCc1ccc(Cl)c(Cl)c1. The summed E-state index contributed by atoms with van der Waals surface area (Å²) in [5.41, 5.74) is 1.93. The lowest BCUT2D eigenvalue weighted by molar-refractivity contribution is -0.139. The number of thioether (sulfide) groups is 1. The molecule has 0 saturated carbocycles. The van der Waals surface area contributed by atoms with Crippen LogP contribution in [0.4, 0.5) is 0 Å². The van der Waals surface area contributed by atoms with Crippen LogP contribution in [0.5, 0.6) is 5.75 Å². The molecule has 2 amide bonds. The number of benzene rings is 2. The fraction of sp³-hybridized carbons (Fsp3) is 0.440. The highest BCUT2D eigenvalue weighted by Gasteiger charge is 2.29. The number of hydrogen-bond acceptors (Lipinski definition) is 4. The van der Waals surface area contributed by atoms with Crippen molar-refractivity contribution in [1.82, 2.24) is 10.2 Å². The smallest absolute Gasteiger partial charge is 0.243 e. The second-order valence-corrected chi connectivity index (χ2v) is 9.65. The number of hydrogen-bond donors (Lipinski definition) is 1. The molecule has 2 aromatic carbocycles. The first-order valence-electron chi connectivity index (χ1n) is 11.0. The third-order valence-electron chi connectivity index (χ3n) is 5.38. The summed E-state index contributed by atoms with van der Waals surface area (Å²) in [5, 5.41) is 4.03. The van der Waals surface area contributed by atoms with Crippen LogP contribution in [0.25, 0.3) is 0 Å². The molecule has 0 aromatic heterocycles. The van der Waals surface area contributed by atoms with E-state index in [0.29, 0.717) is 28.8 Å². The minimum Gasteiger partial charge on any atom is -0.497 e. The maximum atomic E-state index is 13.3. The molecule has 0 unspecified atom stereocenters. The van der Waals surface area contributed by atoms with Gasteiger partial charge in [0.25, 0.3) is 0 Å². The van der Waals surface area contributed by atoms with Crippen LogP contribution in [0, 0.1) is 0 Å². The molecule has 0 spiro atoms. The lowest BCUT2D eigenvalue weighted by atomic mass is 10.1. The van der Waals surface area contributed by atoms with Crippen LogP contribution in [0.15, 0.2) is 42.5 Å². The number of nitrogens with zero attached hydrogens (tertiary/aromatic N) is 1. The largest absolute Gasteiger partial charge is 0.497 e. The zero-order valence-electron chi connectivity index (χ0n) is 19.6. The van der Waals surface area contributed by atoms with Crippen LogP contribution in [0.2, 0.25) is 10.0 Å². The van der Waals surface area contributed by atoms with Gasteiger partial charge in [-0.2, -0.15) is 0 Å². The van der Waals surface area contributed by atoms with Crippen LogP contribution in [-0.2, 0) is 21.9 Å². The van der Waals surface area contributed by atoms with Crippen molar-refractivity contribution in [3.05, 3.63) is 63.6 Å². The van der Waals surface area contributed by atoms with E-state index >= 15 is 0 Å². The van der Waals surface area contributed by atoms with E-state index in [4.69, 9.17) is 27.9 Å². The van der Waals surface area contributed by atoms with Crippen molar-refractivity contribution in [2.45, 2.75) is 58.0 Å². The molecule has 5 nitrogen and oxygen atoms in total. The van der Waals surface area contributed by atoms with Crippen LogP contribution < -0.4 is 10.1 Å². The van der Waals surface area contributed by atoms with E-state index in [2.05, 4.69) is 5.32 Å². The lowest BCUT2D eigenvalue weighted by Gasteiger charge is -2.31. The molecule has 0 saturated heterocycles. The Hall–Kier alpha value is -1.89. The molecule has 2 atom stereocenters. The van der Waals surface area contributed by atoms with Gasteiger partial charge in [-0.1, -0.05) is 55.2 Å². The summed E-state index contributed by atoms with van der Waals surface area (Å²) >= 11 is 13.6. The minimum atomic E-state index is -0.542. The number of amides is 2. The van der Waals surface area contributed by atoms with E-state index in [9.17, 15) is 9.59 Å². The zero-order chi connectivity index (χ0) is 24.4. The highest BCUT2D eigenvalue weighted by Crippen LogP contribution is 2.25. The third kappa shape index (κ3) is 8.43. The summed E-state index contributed by atoms with van der Waals surface area (Å²) in [6.45, 7) is 6.26. The molecule has 0 fully saturated rings. The molecule has 0 aliphatic carbocycles. The van der Waals surface area contributed by atoms with E-state index in [-0.39, 0.29) is 23.6 Å². The van der Waals surface area contributed by atoms with Crippen LogP contribution in [0.1, 0.15) is 44.7 Å². The third-order valence-corrected chi connectivity index (χ3v) is 7.10. The van der Waals surface area contributed by atoms with E-state index in [1.807, 2.05) is 57.2 Å². The zero-order valence-corrected chi connectivity index (χ0v) is 21.9. The maximum absolute atomic E-state index is 13.3. The predicted octanol–water partition coefficient (Wildman–Crippen LogP) is 5.96. The van der Waals surface area contributed by atoms with Crippen molar-refractivity contribution in [3.8, 4) is 5.75 Å². The summed E-state index contributed by atoms with van der Waals surface area (Å²) in [6, 6.07) is 12.5. The summed E-state index contributed by atoms with van der Waals surface area (Å²) < 4.78 is 5.23. The van der Waals surface area contributed by atoms with Crippen LogP contribution >= 0.6 is 35.0 Å². The number of methoxy groups -OCH3 is 1. The Morgan fingerprint density at radius 3 is 2.27 bits per heavy atom. The van der Waals surface area contributed by atoms with Crippen molar-refractivity contribution in [1.29, 1.82) is 0 Å². The van der Waals surface area contributed by atoms with Gasteiger partial charge in [-0.05, 0) is 55.2 Å². The molecule has 0 aliphatic rings. The Morgan fingerprint density at radius 2 is 1.70 bits per heavy atom. The highest BCUT2D eigenvalue weighted by molar-refractivity contribution is 7.99. The van der Waals surface area contributed by atoms with Gasteiger partial charge in [0.1, 0.15) is 11.8 Å². The standard InChI is InChI=1S/C25H32Cl2N2O3S/c1-5-17(3)28-25(31)23(6-2)29(14-18-7-10-20(32-4)11-8-18)24(30)16-33-15-19-9-12-21(26)22(27)13-19/h7-13,17,23H,5-6,14-16H2,1-4H3,(H,28,31)/t17-,23+/m1/s1. The highest BCUT2D eigenvalue weighted by atomic mass is 35.5. The molecule has 0 bridgehead atoms. The van der Waals surface area contributed by atoms with Crippen molar-refractivity contribution < 1.29 is 14.3 Å². The van der Waals surface area contributed by atoms with Gasteiger partial charge >= 0.3 is 0 Å². The Balaban J connectivity index is 2.14. The molecular weight excluding hydrogens is 479 g/mol. The lowest BCUT2D eigenvalue weighted by Crippen LogP contribution is -2.51. The first-order chi connectivity index (χ1) is 15.8. The Morgan fingerprint density at radius 1 is 1.03 bits per heavy atom. The second-order valence-electron chi connectivity index (χ2n) is 7.85. The van der Waals surface area contributed by atoms with Gasteiger partial charge in [0.2, 0.25) is 11.8 Å². The van der Waals surface area contributed by atoms with E-state index in [0.717, 1.165) is 23.3 Å². The maximum Gasteiger partial charge on any atom is 0.243 e. The van der Waals surface area contributed by atoms with Gasteiger partial charge < -0.3 is 15.0 Å². The van der Waals surface area contributed by atoms with Crippen molar-refractivity contribution in [2.75, 3.05) is 12.9 Å². The fourth-order valence-electron chi connectivity index (χ4n) is 3.26. The number of halogens is 2. The summed E-state index contributed by atoms with van der Waals surface area (Å²) in [5.74, 6) is 1.42. The molecule has 1 N–H and O–H groups in total.